The summed E-state index contributed by atoms with van der Waals surface area (Å²) in [5.74, 6) is 0.361. The minimum Gasteiger partial charge on any atom is -0.352 e. The number of anilines is 2. The summed E-state index contributed by atoms with van der Waals surface area (Å²) >= 11 is 0. The van der Waals surface area contributed by atoms with Crippen molar-refractivity contribution in [3.8, 4) is 11.3 Å². The standard InChI is InChI=1S/C25H25F5N8O.C2H6/c1-2-13-7-15(3-4-16(13)24(39)34-9-14-8-18(14)31)35-22-23-33-10-19(38(23)6-5-32-22)17-11-37(12-20(26)27)36-21(17)25(28,29)30;1-2/h3-7,10-11,14,18,20H,2,8-9,12,31H2,1H3,(H,32,35)(H,34,39);1-2H3. The molecule has 1 aliphatic carbocycles. The first-order valence-electron chi connectivity index (χ1n) is 13.2. The number of nitrogens with zero attached hydrogens (tertiary/aromatic N) is 5. The fourth-order valence-corrected chi connectivity index (χ4v) is 4.41. The summed E-state index contributed by atoms with van der Waals surface area (Å²) in [7, 11) is 0. The van der Waals surface area contributed by atoms with Crippen LogP contribution in [0.4, 0.5) is 33.5 Å². The number of nitrogens with two attached hydrogens (primary N) is 1. The van der Waals surface area contributed by atoms with Crippen LogP contribution >= 0.6 is 0 Å². The molecule has 0 spiro atoms. The van der Waals surface area contributed by atoms with Crippen LogP contribution in [-0.4, -0.2) is 49.1 Å². The van der Waals surface area contributed by atoms with Gasteiger partial charge in [-0.2, -0.15) is 18.3 Å². The van der Waals surface area contributed by atoms with Crippen LogP contribution in [-0.2, 0) is 19.1 Å². The molecule has 5 rings (SSSR count). The van der Waals surface area contributed by atoms with Crippen molar-refractivity contribution in [1.82, 2.24) is 29.5 Å². The molecule has 1 aliphatic rings. The molecule has 41 heavy (non-hydrogen) atoms. The van der Waals surface area contributed by atoms with E-state index in [1.54, 1.807) is 18.2 Å². The van der Waals surface area contributed by atoms with Crippen molar-refractivity contribution in [3.63, 3.8) is 0 Å². The normalized spacial score (nSPS) is 16.4. The van der Waals surface area contributed by atoms with E-state index in [0.29, 0.717) is 34.8 Å². The summed E-state index contributed by atoms with van der Waals surface area (Å²) < 4.78 is 68.6. The highest BCUT2D eigenvalue weighted by Gasteiger charge is 2.38. The molecule has 1 aromatic carbocycles. The highest BCUT2D eigenvalue weighted by atomic mass is 19.4. The van der Waals surface area contributed by atoms with Crippen LogP contribution < -0.4 is 16.4 Å². The van der Waals surface area contributed by atoms with Crippen LogP contribution in [0.1, 0.15) is 48.8 Å². The van der Waals surface area contributed by atoms with Gasteiger partial charge in [-0.05, 0) is 42.5 Å². The SMILES string of the molecule is CC.CCc1cc(Nc2nccn3c(-c4cn(CC(F)F)nc4C(F)(F)F)cnc23)ccc1C(=O)NCC1CC1N. The Labute approximate surface area is 233 Å². The van der Waals surface area contributed by atoms with Gasteiger partial charge in [-0.15, -0.1) is 0 Å². The Bertz CT molecular complexity index is 1510. The predicted octanol–water partition coefficient (Wildman–Crippen LogP) is 5.29. The van der Waals surface area contributed by atoms with Gasteiger partial charge in [0, 0.05) is 42.4 Å². The predicted molar refractivity (Wildman–Crippen MR) is 144 cm³/mol. The van der Waals surface area contributed by atoms with Gasteiger partial charge in [-0.3, -0.25) is 13.9 Å². The van der Waals surface area contributed by atoms with Gasteiger partial charge in [-0.25, -0.2) is 18.7 Å². The zero-order valence-electron chi connectivity index (χ0n) is 22.7. The molecular weight excluding hydrogens is 547 g/mol. The van der Waals surface area contributed by atoms with Crippen molar-refractivity contribution in [2.75, 3.05) is 11.9 Å². The molecule has 4 aromatic rings. The van der Waals surface area contributed by atoms with Crippen LogP contribution in [0.15, 0.2) is 43.0 Å². The number of nitrogens with one attached hydrogen (secondary N) is 2. The van der Waals surface area contributed by atoms with E-state index in [0.717, 1.165) is 18.2 Å². The number of carbonyl (C=O) groups excluding carboxylic acids is 1. The van der Waals surface area contributed by atoms with Gasteiger partial charge in [0.1, 0.15) is 6.54 Å². The fraction of sp³-hybridized carbons (Fsp3) is 0.407. The van der Waals surface area contributed by atoms with Gasteiger partial charge < -0.3 is 16.4 Å². The number of alkyl halides is 5. The number of amides is 1. The Morgan fingerprint density at radius 1 is 1.22 bits per heavy atom. The summed E-state index contributed by atoms with van der Waals surface area (Å²) in [4.78, 5) is 21.2. The minimum absolute atomic E-state index is 0.0138. The Hall–Kier alpha value is -4.07. The van der Waals surface area contributed by atoms with Crippen LogP contribution in [0.5, 0.6) is 0 Å². The molecule has 1 amide bonds. The fourth-order valence-electron chi connectivity index (χ4n) is 4.41. The van der Waals surface area contributed by atoms with Crippen LogP contribution in [0, 0.1) is 5.92 Å². The minimum atomic E-state index is -4.86. The number of fused-ring (bicyclic) bond motifs is 1. The van der Waals surface area contributed by atoms with E-state index >= 15 is 0 Å². The molecule has 3 heterocycles. The topological polar surface area (TPSA) is 115 Å². The Morgan fingerprint density at radius 2 is 1.95 bits per heavy atom. The van der Waals surface area contributed by atoms with Gasteiger partial charge in [0.15, 0.2) is 17.2 Å². The average molecular weight is 579 g/mol. The lowest BCUT2D eigenvalue weighted by molar-refractivity contribution is -0.141. The maximum atomic E-state index is 13.7. The second-order valence-electron chi connectivity index (χ2n) is 9.34. The number of carbonyl (C=O) groups is 1. The number of imidazole rings is 1. The van der Waals surface area contributed by atoms with Crippen LogP contribution in [0.2, 0.25) is 0 Å². The Morgan fingerprint density at radius 3 is 2.59 bits per heavy atom. The van der Waals surface area contributed by atoms with Gasteiger partial charge in [0.2, 0.25) is 0 Å². The van der Waals surface area contributed by atoms with Crippen LogP contribution in [0.25, 0.3) is 16.9 Å². The molecular formula is C27H31F5N8O. The lowest BCUT2D eigenvalue weighted by Crippen LogP contribution is -2.28. The van der Waals surface area contributed by atoms with E-state index < -0.39 is 24.8 Å². The smallest absolute Gasteiger partial charge is 0.352 e. The molecule has 0 saturated heterocycles. The van der Waals surface area contributed by atoms with E-state index in [2.05, 4.69) is 25.7 Å². The summed E-state index contributed by atoms with van der Waals surface area (Å²) in [6.07, 6.45) is -1.33. The number of aryl methyl sites for hydroxylation is 1. The quantitative estimate of drug-likeness (QED) is 0.233. The van der Waals surface area contributed by atoms with Crippen molar-refractivity contribution in [1.29, 1.82) is 0 Å². The second kappa shape index (κ2) is 12.2. The number of halogens is 5. The van der Waals surface area contributed by atoms with E-state index in [1.165, 1.54) is 23.0 Å². The monoisotopic (exact) mass is 578 g/mol. The summed E-state index contributed by atoms with van der Waals surface area (Å²) in [6.45, 7) is 5.46. The summed E-state index contributed by atoms with van der Waals surface area (Å²) in [5, 5.41) is 9.37. The summed E-state index contributed by atoms with van der Waals surface area (Å²) in [5.41, 5.74) is 6.27. The third-order valence-corrected chi connectivity index (χ3v) is 6.55. The number of aromatic nitrogens is 5. The van der Waals surface area contributed by atoms with E-state index in [4.69, 9.17) is 5.73 Å². The van der Waals surface area contributed by atoms with Gasteiger partial charge >= 0.3 is 6.18 Å². The Balaban J connectivity index is 0.00000189. The number of rotatable bonds is 9. The maximum Gasteiger partial charge on any atom is 0.435 e. The lowest BCUT2D eigenvalue weighted by Gasteiger charge is -2.13. The van der Waals surface area contributed by atoms with Crippen LogP contribution in [0.3, 0.4) is 0 Å². The first-order valence-corrected chi connectivity index (χ1v) is 13.2. The molecule has 3 aromatic heterocycles. The summed E-state index contributed by atoms with van der Waals surface area (Å²) in [6, 6.07) is 5.31. The van der Waals surface area contributed by atoms with Crippen molar-refractivity contribution in [2.45, 2.75) is 58.8 Å². The zero-order valence-corrected chi connectivity index (χ0v) is 22.7. The largest absolute Gasteiger partial charge is 0.435 e. The molecule has 0 aliphatic heterocycles. The van der Waals surface area contributed by atoms with E-state index in [1.807, 2.05) is 20.8 Å². The molecule has 1 saturated carbocycles. The first-order chi connectivity index (χ1) is 19.5. The third-order valence-electron chi connectivity index (χ3n) is 6.55. The molecule has 220 valence electrons. The molecule has 2 unspecified atom stereocenters. The van der Waals surface area contributed by atoms with Crippen molar-refractivity contribution in [2.24, 2.45) is 11.7 Å². The van der Waals surface area contributed by atoms with Gasteiger partial charge in [-0.1, -0.05) is 20.8 Å². The second-order valence-corrected chi connectivity index (χ2v) is 9.34. The van der Waals surface area contributed by atoms with Crippen molar-refractivity contribution < 1.29 is 26.7 Å². The molecule has 9 nitrogen and oxygen atoms in total. The van der Waals surface area contributed by atoms with Crippen molar-refractivity contribution in [3.05, 3.63) is 59.8 Å². The first kappa shape index (κ1) is 29.9. The lowest BCUT2D eigenvalue weighted by atomic mass is 10.0. The number of benzene rings is 1. The van der Waals surface area contributed by atoms with Gasteiger partial charge in [0.05, 0.1) is 17.5 Å². The van der Waals surface area contributed by atoms with Crippen molar-refractivity contribution >= 4 is 23.1 Å². The molecule has 14 heteroatoms. The molecule has 0 radical (unpaired) electrons. The highest BCUT2D eigenvalue weighted by Crippen LogP contribution is 2.37. The third kappa shape index (κ3) is 6.64. The average Bonchev–Trinajstić information content (AvgIpc) is 3.27. The zero-order chi connectivity index (χ0) is 29.9. The molecule has 0 bridgehead atoms. The van der Waals surface area contributed by atoms with Gasteiger partial charge in [0.25, 0.3) is 12.3 Å². The van der Waals surface area contributed by atoms with E-state index in [-0.39, 0.29) is 34.7 Å². The molecule has 1 fully saturated rings. The number of hydrogen-bond acceptors (Lipinski definition) is 6. The maximum absolute atomic E-state index is 13.7. The molecule has 2 atom stereocenters. The van der Waals surface area contributed by atoms with E-state index in [9.17, 15) is 26.7 Å². The number of hydrogen-bond donors (Lipinski definition) is 3. The highest BCUT2D eigenvalue weighted by molar-refractivity contribution is 5.96. The molecule has 4 N–H and O–H groups in total. The Kier molecular flexibility index (Phi) is 8.90.